The minimum Gasteiger partial charge on any atom is -0.309 e. The molecule has 2 heterocycles. The molecule has 0 atom stereocenters. The van der Waals surface area contributed by atoms with Crippen LogP contribution in [0.4, 0.5) is 0 Å². The van der Waals surface area contributed by atoms with Gasteiger partial charge < -0.3 is 4.57 Å². The summed E-state index contributed by atoms with van der Waals surface area (Å²) in [6.07, 6.45) is 1.89. The predicted molar refractivity (Wildman–Crippen MR) is 131 cm³/mol. The average Bonchev–Trinajstić information content (AvgIpc) is 3.20. The molecule has 0 amide bonds. The van der Waals surface area contributed by atoms with Crippen molar-refractivity contribution in [3.8, 4) is 5.69 Å². The third-order valence-electron chi connectivity index (χ3n) is 6.38. The lowest BCUT2D eigenvalue weighted by Gasteiger charge is -2.12. The molecule has 0 bridgehead atoms. The van der Waals surface area contributed by atoms with Crippen LogP contribution in [0.1, 0.15) is 0 Å². The molecule has 0 aliphatic heterocycles. The molecule has 7 aromatic rings. The van der Waals surface area contributed by atoms with E-state index in [2.05, 4.69) is 102 Å². The lowest BCUT2D eigenvalue weighted by Crippen LogP contribution is -1.95. The molecule has 5 aromatic carbocycles. The van der Waals surface area contributed by atoms with Gasteiger partial charge in [-0.1, -0.05) is 72.8 Å². The molecular weight excluding hydrogens is 376 g/mol. The van der Waals surface area contributed by atoms with Crippen LogP contribution in [0.25, 0.3) is 59.9 Å². The van der Waals surface area contributed by atoms with E-state index in [4.69, 9.17) is 4.98 Å². The maximum Gasteiger partial charge on any atom is 0.0801 e. The molecule has 0 unspecified atom stereocenters. The van der Waals surface area contributed by atoms with Crippen molar-refractivity contribution in [1.82, 2.24) is 9.55 Å². The fourth-order valence-electron chi connectivity index (χ4n) is 5.07. The van der Waals surface area contributed by atoms with Crippen molar-refractivity contribution in [3.63, 3.8) is 0 Å². The van der Waals surface area contributed by atoms with E-state index in [1.165, 1.54) is 54.4 Å². The largest absolute Gasteiger partial charge is 0.309 e. The summed E-state index contributed by atoms with van der Waals surface area (Å²) in [6.45, 7) is 0. The van der Waals surface area contributed by atoms with Crippen LogP contribution in [0.2, 0.25) is 0 Å². The van der Waals surface area contributed by atoms with Crippen molar-refractivity contribution >= 4 is 54.3 Å². The van der Waals surface area contributed by atoms with Crippen LogP contribution < -0.4 is 0 Å². The molecule has 0 spiro atoms. The van der Waals surface area contributed by atoms with Crippen LogP contribution >= 0.6 is 0 Å². The van der Waals surface area contributed by atoms with Gasteiger partial charge in [0.15, 0.2) is 0 Å². The van der Waals surface area contributed by atoms with Crippen LogP contribution in [0.5, 0.6) is 0 Å². The highest BCUT2D eigenvalue weighted by molar-refractivity contribution is 6.31. The first-order valence-electron chi connectivity index (χ1n) is 10.6. The summed E-state index contributed by atoms with van der Waals surface area (Å²) in [5, 5.41) is 8.69. The molecule has 31 heavy (non-hydrogen) atoms. The van der Waals surface area contributed by atoms with E-state index in [0.29, 0.717) is 0 Å². The van der Waals surface area contributed by atoms with Gasteiger partial charge in [0.05, 0.1) is 16.6 Å². The molecule has 0 radical (unpaired) electrons. The van der Waals surface area contributed by atoms with E-state index in [1.54, 1.807) is 0 Å². The van der Waals surface area contributed by atoms with Crippen molar-refractivity contribution in [2.45, 2.75) is 0 Å². The smallest absolute Gasteiger partial charge is 0.0801 e. The Hall–Kier alpha value is -4.17. The molecule has 0 saturated heterocycles. The van der Waals surface area contributed by atoms with Gasteiger partial charge in [0, 0.05) is 33.4 Å². The Balaban J connectivity index is 1.78. The number of hydrogen-bond donors (Lipinski definition) is 0. The molecule has 0 N–H and O–H groups in total. The Morgan fingerprint density at radius 2 is 1.26 bits per heavy atom. The minimum atomic E-state index is 1.05. The second-order valence-electron chi connectivity index (χ2n) is 8.05. The fourth-order valence-corrected chi connectivity index (χ4v) is 5.07. The average molecular weight is 394 g/mol. The van der Waals surface area contributed by atoms with Crippen molar-refractivity contribution in [3.05, 3.63) is 109 Å². The highest BCUT2D eigenvalue weighted by atomic mass is 15.0. The number of benzene rings is 5. The predicted octanol–water partition coefficient (Wildman–Crippen LogP) is 7.64. The van der Waals surface area contributed by atoms with Crippen molar-refractivity contribution in [1.29, 1.82) is 0 Å². The van der Waals surface area contributed by atoms with E-state index in [9.17, 15) is 0 Å². The maximum atomic E-state index is 4.80. The lowest BCUT2D eigenvalue weighted by atomic mass is 10.00. The van der Waals surface area contributed by atoms with Crippen molar-refractivity contribution < 1.29 is 0 Å². The summed E-state index contributed by atoms with van der Waals surface area (Å²) >= 11 is 0. The van der Waals surface area contributed by atoms with Gasteiger partial charge in [-0.25, -0.2) is 0 Å². The Morgan fingerprint density at radius 3 is 2.16 bits per heavy atom. The highest BCUT2D eigenvalue weighted by Gasteiger charge is 2.18. The standard InChI is InChI=1S/C29H18N2/c1-2-9-20-18-21(16-15-19(20)8-1)31-26-14-6-5-12-24(26)27-22-10-3-4-11-23(22)28-25(29(27)31)13-7-17-30-28/h1-18H. The van der Waals surface area contributed by atoms with Crippen LogP contribution in [-0.4, -0.2) is 9.55 Å². The monoisotopic (exact) mass is 394 g/mol. The Morgan fingerprint density at radius 1 is 0.548 bits per heavy atom. The second-order valence-corrected chi connectivity index (χ2v) is 8.05. The normalized spacial score (nSPS) is 11.9. The zero-order valence-electron chi connectivity index (χ0n) is 16.8. The van der Waals surface area contributed by atoms with Crippen molar-refractivity contribution in [2.75, 3.05) is 0 Å². The van der Waals surface area contributed by atoms with Gasteiger partial charge in [0.1, 0.15) is 0 Å². The quantitative estimate of drug-likeness (QED) is 0.262. The molecule has 0 fully saturated rings. The summed E-state index contributed by atoms with van der Waals surface area (Å²) in [5.41, 5.74) is 4.66. The number of fused-ring (bicyclic) bond motifs is 9. The third kappa shape index (κ3) is 2.25. The lowest BCUT2D eigenvalue weighted by molar-refractivity contribution is 1.19. The van der Waals surface area contributed by atoms with Crippen LogP contribution in [0.3, 0.4) is 0 Å². The summed E-state index contributed by atoms with van der Waals surface area (Å²) in [7, 11) is 0. The number of pyridine rings is 1. The first-order chi connectivity index (χ1) is 15.4. The van der Waals surface area contributed by atoms with Gasteiger partial charge in [-0.2, -0.15) is 0 Å². The third-order valence-corrected chi connectivity index (χ3v) is 6.38. The second kappa shape index (κ2) is 6.16. The van der Waals surface area contributed by atoms with Crippen LogP contribution in [-0.2, 0) is 0 Å². The van der Waals surface area contributed by atoms with Crippen LogP contribution in [0, 0.1) is 0 Å². The number of rotatable bonds is 1. The summed E-state index contributed by atoms with van der Waals surface area (Å²) in [4.78, 5) is 4.80. The minimum absolute atomic E-state index is 1.05. The van der Waals surface area contributed by atoms with Gasteiger partial charge in [0.2, 0.25) is 0 Å². The first-order valence-corrected chi connectivity index (χ1v) is 10.6. The van der Waals surface area contributed by atoms with Gasteiger partial charge in [0.25, 0.3) is 0 Å². The van der Waals surface area contributed by atoms with Crippen molar-refractivity contribution in [2.24, 2.45) is 0 Å². The summed E-state index contributed by atoms with van der Waals surface area (Å²) in [5.74, 6) is 0. The number of nitrogens with zero attached hydrogens (tertiary/aromatic N) is 2. The molecule has 144 valence electrons. The maximum absolute atomic E-state index is 4.80. The van der Waals surface area contributed by atoms with Crippen LogP contribution in [0.15, 0.2) is 109 Å². The Bertz CT molecular complexity index is 1790. The number of aromatic nitrogens is 2. The molecule has 7 rings (SSSR count). The van der Waals surface area contributed by atoms with Gasteiger partial charge in [-0.3, -0.25) is 4.98 Å². The van der Waals surface area contributed by atoms with E-state index in [-0.39, 0.29) is 0 Å². The Labute approximate surface area is 179 Å². The molecule has 2 nitrogen and oxygen atoms in total. The Kier molecular flexibility index (Phi) is 3.30. The zero-order valence-corrected chi connectivity index (χ0v) is 16.8. The van der Waals surface area contributed by atoms with Gasteiger partial charge in [-0.15, -0.1) is 0 Å². The molecule has 0 saturated carbocycles. The molecule has 0 aliphatic carbocycles. The summed E-state index contributed by atoms with van der Waals surface area (Å²) < 4.78 is 2.41. The van der Waals surface area contributed by atoms with E-state index >= 15 is 0 Å². The highest BCUT2D eigenvalue weighted by Crippen LogP contribution is 2.41. The zero-order chi connectivity index (χ0) is 20.4. The van der Waals surface area contributed by atoms with E-state index < -0.39 is 0 Å². The van der Waals surface area contributed by atoms with Gasteiger partial charge in [-0.05, 0) is 46.5 Å². The topological polar surface area (TPSA) is 17.8 Å². The molecule has 0 aliphatic rings. The van der Waals surface area contributed by atoms with Gasteiger partial charge >= 0.3 is 0 Å². The molecular formula is C29H18N2. The number of hydrogen-bond acceptors (Lipinski definition) is 1. The summed E-state index contributed by atoms with van der Waals surface area (Å²) in [6, 6.07) is 36.9. The number of para-hydroxylation sites is 1. The van der Waals surface area contributed by atoms with E-state index in [1.807, 2.05) is 12.3 Å². The SMILES string of the molecule is c1ccc2cc(-n3c4ccccc4c4c5ccccc5c5ncccc5c43)ccc2c1. The van der Waals surface area contributed by atoms with E-state index in [0.717, 1.165) is 5.52 Å². The molecule has 2 aromatic heterocycles. The first kappa shape index (κ1) is 16.6. The fraction of sp³-hybridized carbons (Fsp3) is 0. The molecule has 2 heteroatoms.